The van der Waals surface area contributed by atoms with Crippen molar-refractivity contribution >= 4 is 22.9 Å². The number of piperidine rings is 1. The summed E-state index contributed by atoms with van der Waals surface area (Å²) in [6.45, 7) is 1.10. The standard InChI is InChI=1S/C17H17F2N5OS/c18-17(19,11-15(25)23-8-2-1-3-9-23)13-6-7-14-20-21-16(24(14)22-13)12-5-4-10-26-12/h4-7,10H,1-3,8-9,11H2. The number of carbonyl (C=O) groups is 1. The van der Waals surface area contributed by atoms with Gasteiger partial charge in [-0.2, -0.15) is 18.4 Å². The summed E-state index contributed by atoms with van der Waals surface area (Å²) in [6, 6.07) is 6.34. The van der Waals surface area contributed by atoms with E-state index in [0.29, 0.717) is 24.6 Å². The number of amides is 1. The van der Waals surface area contributed by atoms with Crippen LogP contribution in [0.25, 0.3) is 16.3 Å². The highest BCUT2D eigenvalue weighted by Gasteiger charge is 2.38. The maximum Gasteiger partial charge on any atom is 0.300 e. The molecule has 9 heteroatoms. The number of hydrogen-bond donors (Lipinski definition) is 0. The molecule has 3 aromatic heterocycles. The SMILES string of the molecule is O=C(CC(F)(F)c1ccc2nnc(-c3cccs3)n2n1)N1CCCCC1. The van der Waals surface area contributed by atoms with Crippen molar-refractivity contribution in [1.29, 1.82) is 0 Å². The normalized spacial score (nSPS) is 15.5. The van der Waals surface area contributed by atoms with E-state index in [4.69, 9.17) is 0 Å². The Hall–Kier alpha value is -2.42. The molecule has 136 valence electrons. The quantitative estimate of drug-likeness (QED) is 0.700. The molecule has 0 atom stereocenters. The Bertz CT molecular complexity index is 919. The summed E-state index contributed by atoms with van der Waals surface area (Å²) in [4.78, 5) is 14.5. The number of aromatic nitrogens is 4. The first-order chi connectivity index (χ1) is 12.5. The molecule has 4 rings (SSSR count). The molecule has 26 heavy (non-hydrogen) atoms. The van der Waals surface area contributed by atoms with Crippen LogP contribution in [0.2, 0.25) is 0 Å². The first kappa shape index (κ1) is 17.0. The molecule has 0 spiro atoms. The molecule has 0 radical (unpaired) electrons. The van der Waals surface area contributed by atoms with Gasteiger partial charge in [-0.15, -0.1) is 21.5 Å². The lowest BCUT2D eigenvalue weighted by Crippen LogP contribution is -2.38. The Labute approximate surface area is 152 Å². The van der Waals surface area contributed by atoms with E-state index in [2.05, 4.69) is 15.3 Å². The number of thiophene rings is 1. The van der Waals surface area contributed by atoms with Gasteiger partial charge in [-0.25, -0.2) is 0 Å². The lowest BCUT2D eigenvalue weighted by molar-refractivity contribution is -0.140. The van der Waals surface area contributed by atoms with Crippen LogP contribution in [0.4, 0.5) is 8.78 Å². The van der Waals surface area contributed by atoms with Crippen molar-refractivity contribution in [3.63, 3.8) is 0 Å². The molecule has 0 aromatic carbocycles. The molecule has 6 nitrogen and oxygen atoms in total. The second-order valence-electron chi connectivity index (χ2n) is 6.31. The molecule has 1 aliphatic heterocycles. The van der Waals surface area contributed by atoms with Crippen LogP contribution >= 0.6 is 11.3 Å². The van der Waals surface area contributed by atoms with Gasteiger partial charge in [0.25, 0.3) is 5.92 Å². The number of rotatable bonds is 4. The van der Waals surface area contributed by atoms with Crippen molar-refractivity contribution in [3.05, 3.63) is 35.3 Å². The van der Waals surface area contributed by atoms with Crippen LogP contribution in [0.15, 0.2) is 29.6 Å². The number of hydrogen-bond acceptors (Lipinski definition) is 5. The average Bonchev–Trinajstić information content (AvgIpc) is 3.30. The summed E-state index contributed by atoms with van der Waals surface area (Å²) < 4.78 is 30.7. The molecule has 0 saturated carbocycles. The first-order valence-corrected chi connectivity index (χ1v) is 9.35. The Kier molecular flexibility index (Phi) is 4.39. The van der Waals surface area contributed by atoms with Crippen LogP contribution in [0.1, 0.15) is 31.4 Å². The summed E-state index contributed by atoms with van der Waals surface area (Å²) in [7, 11) is 0. The minimum Gasteiger partial charge on any atom is -0.342 e. The van der Waals surface area contributed by atoms with E-state index >= 15 is 0 Å². The van der Waals surface area contributed by atoms with E-state index in [9.17, 15) is 13.6 Å². The number of carbonyl (C=O) groups excluding carboxylic acids is 1. The van der Waals surface area contributed by atoms with Crippen molar-refractivity contribution in [2.45, 2.75) is 31.6 Å². The second kappa shape index (κ2) is 6.71. The van der Waals surface area contributed by atoms with Crippen LogP contribution in [0, 0.1) is 0 Å². The first-order valence-electron chi connectivity index (χ1n) is 8.47. The van der Waals surface area contributed by atoms with Crippen LogP contribution in [0.3, 0.4) is 0 Å². The third kappa shape index (κ3) is 3.18. The zero-order valence-electron chi connectivity index (χ0n) is 13.9. The lowest BCUT2D eigenvalue weighted by Gasteiger charge is -2.28. The van der Waals surface area contributed by atoms with E-state index in [0.717, 1.165) is 24.1 Å². The van der Waals surface area contributed by atoms with Crippen molar-refractivity contribution in [2.75, 3.05) is 13.1 Å². The zero-order chi connectivity index (χ0) is 18.1. The molecule has 0 N–H and O–H groups in total. The van der Waals surface area contributed by atoms with E-state index in [1.165, 1.54) is 32.9 Å². The van der Waals surface area contributed by atoms with Gasteiger partial charge in [0, 0.05) is 13.1 Å². The van der Waals surface area contributed by atoms with Gasteiger partial charge in [0.15, 0.2) is 11.5 Å². The number of fused-ring (bicyclic) bond motifs is 1. The molecular formula is C17H17F2N5OS. The predicted octanol–water partition coefficient (Wildman–Crippen LogP) is 3.35. The monoisotopic (exact) mass is 377 g/mol. The number of alkyl halides is 2. The van der Waals surface area contributed by atoms with Crippen molar-refractivity contribution < 1.29 is 13.6 Å². The van der Waals surface area contributed by atoms with Gasteiger partial charge in [-0.05, 0) is 42.8 Å². The van der Waals surface area contributed by atoms with Crippen LogP contribution in [-0.4, -0.2) is 43.7 Å². The van der Waals surface area contributed by atoms with Gasteiger partial charge in [0.2, 0.25) is 5.91 Å². The summed E-state index contributed by atoms with van der Waals surface area (Å²) in [5.41, 5.74) is -0.0664. The second-order valence-corrected chi connectivity index (χ2v) is 7.26. The fraction of sp³-hybridized carbons (Fsp3) is 0.412. The van der Waals surface area contributed by atoms with Gasteiger partial charge >= 0.3 is 0 Å². The van der Waals surface area contributed by atoms with Gasteiger partial charge in [0.05, 0.1) is 11.3 Å². The molecule has 4 heterocycles. The van der Waals surface area contributed by atoms with Crippen molar-refractivity contribution in [3.8, 4) is 10.7 Å². The third-order valence-electron chi connectivity index (χ3n) is 4.46. The number of halogens is 2. The minimum absolute atomic E-state index is 0.385. The van der Waals surface area contributed by atoms with Gasteiger partial charge in [0.1, 0.15) is 5.69 Å². The summed E-state index contributed by atoms with van der Waals surface area (Å²) in [6.07, 6.45) is 1.90. The van der Waals surface area contributed by atoms with Crippen molar-refractivity contribution in [1.82, 2.24) is 24.7 Å². The molecule has 1 fully saturated rings. The molecule has 3 aromatic rings. The van der Waals surface area contributed by atoms with Gasteiger partial charge < -0.3 is 4.90 Å². The Morgan fingerprint density at radius 1 is 1.15 bits per heavy atom. The van der Waals surface area contributed by atoms with E-state index in [-0.39, 0.29) is 0 Å². The summed E-state index contributed by atoms with van der Waals surface area (Å²) >= 11 is 1.43. The third-order valence-corrected chi connectivity index (χ3v) is 5.33. The van der Waals surface area contributed by atoms with Gasteiger partial charge in [-0.1, -0.05) is 6.07 Å². The largest absolute Gasteiger partial charge is 0.342 e. The van der Waals surface area contributed by atoms with Crippen LogP contribution in [0.5, 0.6) is 0 Å². The molecule has 1 aliphatic rings. The molecular weight excluding hydrogens is 360 g/mol. The zero-order valence-corrected chi connectivity index (χ0v) is 14.8. The Balaban J connectivity index is 1.62. The lowest BCUT2D eigenvalue weighted by atomic mass is 10.1. The molecule has 0 bridgehead atoms. The van der Waals surface area contributed by atoms with Crippen molar-refractivity contribution in [2.24, 2.45) is 0 Å². The fourth-order valence-corrected chi connectivity index (χ4v) is 3.77. The maximum atomic E-state index is 14.7. The predicted molar refractivity (Wildman–Crippen MR) is 93.0 cm³/mol. The minimum atomic E-state index is -3.35. The van der Waals surface area contributed by atoms with E-state index < -0.39 is 23.9 Å². The summed E-state index contributed by atoms with van der Waals surface area (Å²) in [5.74, 6) is -3.46. The molecule has 1 saturated heterocycles. The molecule has 0 aliphatic carbocycles. The highest BCUT2D eigenvalue weighted by molar-refractivity contribution is 7.13. The fourth-order valence-electron chi connectivity index (χ4n) is 3.08. The van der Waals surface area contributed by atoms with Gasteiger partial charge in [-0.3, -0.25) is 4.79 Å². The number of likely N-dealkylation sites (tertiary alicyclic amines) is 1. The Morgan fingerprint density at radius 2 is 1.96 bits per heavy atom. The molecule has 1 amide bonds. The topological polar surface area (TPSA) is 63.4 Å². The molecule has 0 unspecified atom stereocenters. The average molecular weight is 377 g/mol. The highest BCUT2D eigenvalue weighted by atomic mass is 32.1. The maximum absolute atomic E-state index is 14.7. The van der Waals surface area contributed by atoms with Crippen LogP contribution in [-0.2, 0) is 10.7 Å². The smallest absolute Gasteiger partial charge is 0.300 e. The van der Waals surface area contributed by atoms with Crippen LogP contribution < -0.4 is 0 Å². The van der Waals surface area contributed by atoms with E-state index in [1.54, 1.807) is 0 Å². The summed E-state index contributed by atoms with van der Waals surface area (Å²) in [5, 5.41) is 13.9. The Morgan fingerprint density at radius 3 is 2.69 bits per heavy atom. The van der Waals surface area contributed by atoms with E-state index in [1.807, 2.05) is 17.5 Å². The number of nitrogens with zero attached hydrogens (tertiary/aromatic N) is 5. The highest BCUT2D eigenvalue weighted by Crippen LogP contribution is 2.32.